The Labute approximate surface area is 140 Å². The molecule has 126 valence electrons. The van der Waals surface area contributed by atoms with Crippen LogP contribution < -0.4 is 14.4 Å². The standard InChI is InChI=1S/C19H19F2NO2/c1-4-13-22(15-7-11-17(24-3)12-8-15)18(19(20)21)14-5-9-16(23-2)10-6-14/h4-12H,1,13H2,2-3H3. The Kier molecular flexibility index (Phi) is 5.95. The average molecular weight is 331 g/mol. The number of hydrogen-bond donors (Lipinski definition) is 0. The second-order valence-corrected chi connectivity index (χ2v) is 4.93. The number of ether oxygens (including phenoxy) is 2. The molecule has 0 aromatic heterocycles. The first-order valence-corrected chi connectivity index (χ1v) is 7.33. The highest BCUT2D eigenvalue weighted by molar-refractivity contribution is 5.80. The molecular weight excluding hydrogens is 312 g/mol. The lowest BCUT2D eigenvalue weighted by Crippen LogP contribution is -2.22. The minimum absolute atomic E-state index is 0.164. The molecule has 0 saturated heterocycles. The van der Waals surface area contributed by atoms with Crippen molar-refractivity contribution in [2.45, 2.75) is 0 Å². The molecule has 0 N–H and O–H groups in total. The van der Waals surface area contributed by atoms with Crippen molar-refractivity contribution < 1.29 is 18.3 Å². The lowest BCUT2D eigenvalue weighted by Gasteiger charge is -2.26. The van der Waals surface area contributed by atoms with Crippen LogP contribution >= 0.6 is 0 Å². The lowest BCUT2D eigenvalue weighted by atomic mass is 10.1. The zero-order valence-corrected chi connectivity index (χ0v) is 13.6. The fourth-order valence-corrected chi connectivity index (χ4v) is 2.33. The fourth-order valence-electron chi connectivity index (χ4n) is 2.33. The summed E-state index contributed by atoms with van der Waals surface area (Å²) >= 11 is 0. The molecular formula is C19H19F2NO2. The third-order valence-corrected chi connectivity index (χ3v) is 3.51. The summed E-state index contributed by atoms with van der Waals surface area (Å²) in [5.41, 5.74) is 0.852. The molecule has 0 fully saturated rings. The van der Waals surface area contributed by atoms with Crippen molar-refractivity contribution in [2.75, 3.05) is 25.7 Å². The quantitative estimate of drug-likeness (QED) is 0.669. The van der Waals surface area contributed by atoms with E-state index in [2.05, 4.69) is 6.58 Å². The van der Waals surface area contributed by atoms with E-state index in [4.69, 9.17) is 9.47 Å². The molecule has 0 aliphatic carbocycles. The molecule has 2 rings (SSSR count). The summed E-state index contributed by atoms with van der Waals surface area (Å²) in [6, 6.07) is 13.4. The van der Waals surface area contributed by atoms with Crippen molar-refractivity contribution in [3.05, 3.63) is 72.8 Å². The van der Waals surface area contributed by atoms with E-state index in [0.29, 0.717) is 22.7 Å². The number of halogens is 2. The van der Waals surface area contributed by atoms with E-state index < -0.39 is 6.08 Å². The minimum Gasteiger partial charge on any atom is -0.497 e. The van der Waals surface area contributed by atoms with Gasteiger partial charge in [0.05, 0.1) is 14.2 Å². The fraction of sp³-hybridized carbons (Fsp3) is 0.158. The van der Waals surface area contributed by atoms with Crippen molar-refractivity contribution in [1.29, 1.82) is 0 Å². The summed E-state index contributed by atoms with van der Waals surface area (Å²) < 4.78 is 37.6. The van der Waals surface area contributed by atoms with Gasteiger partial charge in [0.25, 0.3) is 6.08 Å². The summed E-state index contributed by atoms with van der Waals surface area (Å²) in [5.74, 6) is 1.27. The van der Waals surface area contributed by atoms with Gasteiger partial charge in [-0.25, -0.2) is 0 Å². The minimum atomic E-state index is -1.77. The Balaban J connectivity index is 2.47. The second kappa shape index (κ2) is 8.15. The van der Waals surface area contributed by atoms with Crippen LogP contribution in [0.1, 0.15) is 5.56 Å². The van der Waals surface area contributed by atoms with Crippen LogP contribution in [0, 0.1) is 0 Å². The number of anilines is 1. The van der Waals surface area contributed by atoms with Gasteiger partial charge in [0.15, 0.2) is 0 Å². The van der Waals surface area contributed by atoms with Gasteiger partial charge in [-0.3, -0.25) is 0 Å². The zero-order valence-electron chi connectivity index (χ0n) is 13.6. The van der Waals surface area contributed by atoms with E-state index in [0.717, 1.165) is 0 Å². The Hall–Kier alpha value is -2.82. The van der Waals surface area contributed by atoms with Gasteiger partial charge in [-0.15, -0.1) is 6.58 Å². The molecule has 0 aliphatic heterocycles. The molecule has 3 nitrogen and oxygen atoms in total. The van der Waals surface area contributed by atoms with Gasteiger partial charge >= 0.3 is 0 Å². The van der Waals surface area contributed by atoms with Crippen LogP contribution in [0.2, 0.25) is 0 Å². The molecule has 0 spiro atoms. The zero-order chi connectivity index (χ0) is 17.5. The molecule has 0 unspecified atom stereocenters. The van der Waals surface area contributed by atoms with Crippen LogP contribution in [0.25, 0.3) is 5.70 Å². The number of methoxy groups -OCH3 is 2. The highest BCUT2D eigenvalue weighted by Crippen LogP contribution is 2.32. The van der Waals surface area contributed by atoms with Crippen molar-refractivity contribution in [1.82, 2.24) is 0 Å². The van der Waals surface area contributed by atoms with Gasteiger partial charge in [-0.2, -0.15) is 8.78 Å². The van der Waals surface area contributed by atoms with E-state index in [1.807, 2.05) is 0 Å². The number of hydrogen-bond acceptors (Lipinski definition) is 3. The van der Waals surface area contributed by atoms with E-state index in [9.17, 15) is 8.78 Å². The second-order valence-electron chi connectivity index (χ2n) is 4.93. The summed E-state index contributed by atoms with van der Waals surface area (Å²) in [6.45, 7) is 3.91. The SMILES string of the molecule is C=CCN(C(=C(F)F)c1ccc(OC)cc1)c1ccc(OC)cc1. The number of benzene rings is 2. The predicted molar refractivity (Wildman–Crippen MR) is 92.7 cm³/mol. The Morgan fingerprint density at radius 2 is 1.46 bits per heavy atom. The van der Waals surface area contributed by atoms with Gasteiger partial charge in [0, 0.05) is 17.8 Å². The molecule has 0 heterocycles. The van der Waals surface area contributed by atoms with Crippen molar-refractivity contribution in [3.8, 4) is 11.5 Å². The summed E-state index contributed by atoms with van der Waals surface area (Å²) in [6.07, 6.45) is -0.186. The smallest absolute Gasteiger partial charge is 0.294 e. The van der Waals surface area contributed by atoms with E-state index in [1.54, 1.807) is 61.7 Å². The van der Waals surface area contributed by atoms with Gasteiger partial charge in [-0.05, 0) is 48.5 Å². The van der Waals surface area contributed by atoms with E-state index in [1.165, 1.54) is 12.0 Å². The van der Waals surface area contributed by atoms with Crippen molar-refractivity contribution in [3.63, 3.8) is 0 Å². The lowest BCUT2D eigenvalue weighted by molar-refractivity contribution is 0.414. The summed E-state index contributed by atoms with van der Waals surface area (Å²) in [5, 5.41) is 0. The summed E-state index contributed by atoms with van der Waals surface area (Å²) in [4.78, 5) is 1.50. The van der Waals surface area contributed by atoms with Crippen molar-refractivity contribution in [2.24, 2.45) is 0 Å². The highest BCUT2D eigenvalue weighted by Gasteiger charge is 2.19. The molecule has 0 atom stereocenters. The maximum atomic E-state index is 13.7. The molecule has 0 radical (unpaired) electrons. The van der Waals surface area contributed by atoms with Crippen LogP contribution in [-0.4, -0.2) is 20.8 Å². The van der Waals surface area contributed by atoms with E-state index >= 15 is 0 Å². The Morgan fingerprint density at radius 3 is 1.88 bits per heavy atom. The number of nitrogens with zero attached hydrogens (tertiary/aromatic N) is 1. The van der Waals surface area contributed by atoms with E-state index in [-0.39, 0.29) is 12.2 Å². The molecule has 2 aromatic rings. The third-order valence-electron chi connectivity index (χ3n) is 3.51. The average Bonchev–Trinajstić information content (AvgIpc) is 2.61. The normalized spacial score (nSPS) is 10.0. The monoisotopic (exact) mass is 331 g/mol. The molecule has 0 amide bonds. The largest absolute Gasteiger partial charge is 0.497 e. The first-order chi connectivity index (χ1) is 11.6. The maximum absolute atomic E-state index is 13.7. The van der Waals surface area contributed by atoms with Gasteiger partial charge in [-0.1, -0.05) is 6.08 Å². The third kappa shape index (κ3) is 3.93. The van der Waals surface area contributed by atoms with Crippen LogP contribution in [0.4, 0.5) is 14.5 Å². The Morgan fingerprint density at radius 1 is 0.958 bits per heavy atom. The van der Waals surface area contributed by atoms with Crippen LogP contribution in [-0.2, 0) is 0 Å². The summed E-state index contributed by atoms with van der Waals surface area (Å²) in [7, 11) is 3.09. The van der Waals surface area contributed by atoms with Gasteiger partial charge < -0.3 is 14.4 Å². The maximum Gasteiger partial charge on any atom is 0.294 e. The van der Waals surface area contributed by atoms with Gasteiger partial charge in [0.1, 0.15) is 17.2 Å². The first kappa shape index (κ1) is 17.5. The van der Waals surface area contributed by atoms with Gasteiger partial charge in [0.2, 0.25) is 0 Å². The number of rotatable bonds is 7. The highest BCUT2D eigenvalue weighted by atomic mass is 19.3. The van der Waals surface area contributed by atoms with Crippen molar-refractivity contribution >= 4 is 11.4 Å². The van der Waals surface area contributed by atoms with Crippen LogP contribution in [0.3, 0.4) is 0 Å². The topological polar surface area (TPSA) is 21.7 Å². The molecule has 0 saturated carbocycles. The van der Waals surface area contributed by atoms with Crippen LogP contribution in [0.15, 0.2) is 67.3 Å². The molecule has 0 aliphatic rings. The molecule has 0 bridgehead atoms. The molecule has 2 aromatic carbocycles. The first-order valence-electron chi connectivity index (χ1n) is 7.33. The molecule has 5 heteroatoms. The van der Waals surface area contributed by atoms with Crippen LogP contribution in [0.5, 0.6) is 11.5 Å². The Bertz CT molecular complexity index is 705. The predicted octanol–water partition coefficient (Wildman–Crippen LogP) is 4.96. The molecule has 24 heavy (non-hydrogen) atoms.